The first-order valence-electron chi connectivity index (χ1n) is 16.4. The number of halogens is 1. The summed E-state index contributed by atoms with van der Waals surface area (Å²) in [5, 5.41) is 9.38. The summed E-state index contributed by atoms with van der Waals surface area (Å²) < 4.78 is 30.5. The number of anilines is 1. The van der Waals surface area contributed by atoms with Crippen LogP contribution in [0.4, 0.5) is 10.5 Å². The van der Waals surface area contributed by atoms with Gasteiger partial charge >= 0.3 is 12.1 Å². The van der Waals surface area contributed by atoms with Crippen molar-refractivity contribution < 1.29 is 37.4 Å². The molecule has 8 rings (SSSR count). The Bertz CT molecular complexity index is 2180. The Hall–Kier alpha value is -5.63. The Morgan fingerprint density at radius 3 is 2.67 bits per heavy atom. The molecule has 3 aromatic carbocycles. The normalized spacial score (nSPS) is 21.3. The summed E-state index contributed by atoms with van der Waals surface area (Å²) in [6.45, 7) is 3.88. The van der Waals surface area contributed by atoms with Gasteiger partial charge in [-0.3, -0.25) is 4.79 Å². The Morgan fingerprint density at radius 2 is 1.88 bits per heavy atom. The fourth-order valence-electron chi connectivity index (χ4n) is 6.97. The SMILES string of the molecule is COC(=O)c1coc(-c2nc3oc2[C@]24c5cc(ccc5OC2Nc2c(Br)cccc24)C[C@H](NC(=O)OCc2ccccc2)C(=O)N[C@H]3C(C)C)n1. The Balaban J connectivity index is 1.30. The highest BCUT2D eigenvalue weighted by Gasteiger charge is 2.61. The van der Waals surface area contributed by atoms with Crippen molar-refractivity contribution in [3.8, 4) is 17.3 Å². The standard InChI is InChI=1S/C37H32BrN5O8/c1-18(2)27-33-42-29(32-39-25(17-48-32)34(45)47-3)30(51-33)37-21-10-7-11-23(38)28(21)43-35(37)50-26-13-12-20(14-22(26)37)15-24(31(44)41-27)40-36(46)49-16-19-8-5-4-6-9-19/h4-14,17-18,24,27,35,43H,15-16H2,1-3H3,(H,40,46)(H,41,44)/t24-,27-,35?,37-/m0/s1. The van der Waals surface area contributed by atoms with Crippen LogP contribution in [0.3, 0.4) is 0 Å². The van der Waals surface area contributed by atoms with Gasteiger partial charge in [0.05, 0.1) is 12.8 Å². The van der Waals surface area contributed by atoms with Gasteiger partial charge in [0, 0.05) is 22.0 Å². The molecule has 0 saturated heterocycles. The van der Waals surface area contributed by atoms with Crippen LogP contribution in [-0.2, 0) is 32.7 Å². The molecule has 0 fully saturated rings. The maximum atomic E-state index is 14.1. The second-order valence-electron chi connectivity index (χ2n) is 12.9. The minimum atomic E-state index is -1.13. The highest BCUT2D eigenvalue weighted by Crippen LogP contribution is 2.60. The lowest BCUT2D eigenvalue weighted by molar-refractivity contribution is -0.124. The number of ether oxygens (including phenoxy) is 3. The largest absolute Gasteiger partial charge is 0.469 e. The minimum Gasteiger partial charge on any atom is -0.469 e. The minimum absolute atomic E-state index is 0.0194. The highest BCUT2D eigenvalue weighted by molar-refractivity contribution is 9.10. The molecule has 1 unspecified atom stereocenters. The molecule has 4 bridgehead atoms. The first-order valence-corrected chi connectivity index (χ1v) is 17.1. The van der Waals surface area contributed by atoms with Gasteiger partial charge in [0.1, 0.15) is 36.1 Å². The molecular formula is C37H32BrN5O8. The Labute approximate surface area is 300 Å². The van der Waals surface area contributed by atoms with Crippen molar-refractivity contribution in [1.82, 2.24) is 20.6 Å². The lowest BCUT2D eigenvalue weighted by Gasteiger charge is -2.28. The monoisotopic (exact) mass is 753 g/mol. The van der Waals surface area contributed by atoms with Crippen LogP contribution in [0.2, 0.25) is 0 Å². The van der Waals surface area contributed by atoms with Gasteiger partial charge < -0.3 is 39.0 Å². The molecule has 0 saturated carbocycles. The molecule has 13 nitrogen and oxygen atoms in total. The fraction of sp³-hybridized carbons (Fsp3) is 0.270. The maximum Gasteiger partial charge on any atom is 0.408 e. The zero-order chi connectivity index (χ0) is 35.4. The van der Waals surface area contributed by atoms with Crippen molar-refractivity contribution in [2.75, 3.05) is 12.4 Å². The van der Waals surface area contributed by atoms with Crippen LogP contribution in [0.25, 0.3) is 11.6 Å². The van der Waals surface area contributed by atoms with Crippen molar-refractivity contribution in [3.63, 3.8) is 0 Å². The van der Waals surface area contributed by atoms with Gasteiger partial charge in [-0.15, -0.1) is 0 Å². The summed E-state index contributed by atoms with van der Waals surface area (Å²) in [5.74, 6) is -0.234. The number of amides is 2. The molecule has 3 aliphatic heterocycles. The first kappa shape index (κ1) is 32.6. The van der Waals surface area contributed by atoms with Crippen molar-refractivity contribution in [2.45, 2.75) is 50.6 Å². The number of carbonyl (C=O) groups excluding carboxylic acids is 3. The number of nitrogens with one attached hydrogen (secondary N) is 3. The zero-order valence-corrected chi connectivity index (χ0v) is 29.3. The van der Waals surface area contributed by atoms with Gasteiger partial charge in [-0.1, -0.05) is 68.4 Å². The molecule has 5 aromatic rings. The molecule has 0 radical (unpaired) electrons. The number of alkyl carbamates (subject to hydrolysis) is 1. The lowest BCUT2D eigenvalue weighted by Crippen LogP contribution is -2.49. The van der Waals surface area contributed by atoms with Crippen molar-refractivity contribution in [2.24, 2.45) is 5.92 Å². The predicted octanol–water partition coefficient (Wildman–Crippen LogP) is 6.02. The molecule has 14 heteroatoms. The third-order valence-electron chi connectivity index (χ3n) is 9.42. The number of rotatable bonds is 6. The van der Waals surface area contributed by atoms with Gasteiger partial charge in [0.25, 0.3) is 0 Å². The van der Waals surface area contributed by atoms with E-state index in [1.54, 1.807) is 0 Å². The van der Waals surface area contributed by atoms with Gasteiger partial charge in [-0.2, -0.15) is 0 Å². The number of hydrogen-bond donors (Lipinski definition) is 3. The van der Waals surface area contributed by atoms with E-state index in [4.69, 9.17) is 28.0 Å². The van der Waals surface area contributed by atoms with Crippen LogP contribution in [0.5, 0.6) is 5.75 Å². The number of hydrogen-bond acceptors (Lipinski definition) is 11. The van der Waals surface area contributed by atoms with Crippen molar-refractivity contribution >= 4 is 39.6 Å². The molecule has 51 heavy (non-hydrogen) atoms. The number of fused-ring (bicyclic) bond motifs is 4. The summed E-state index contributed by atoms with van der Waals surface area (Å²) in [6.07, 6.45) is -0.0850. The van der Waals surface area contributed by atoms with Gasteiger partial charge in [-0.05, 0) is 45.1 Å². The van der Waals surface area contributed by atoms with E-state index in [1.165, 1.54) is 13.4 Å². The molecule has 5 heterocycles. The average Bonchev–Trinajstić information content (AvgIpc) is 3.91. The number of aromatic nitrogens is 2. The molecule has 3 N–H and O–H groups in total. The van der Waals surface area contributed by atoms with Crippen LogP contribution in [0.1, 0.15) is 64.3 Å². The smallest absolute Gasteiger partial charge is 0.408 e. The predicted molar refractivity (Wildman–Crippen MR) is 185 cm³/mol. The van der Waals surface area contributed by atoms with Crippen LogP contribution < -0.4 is 20.7 Å². The van der Waals surface area contributed by atoms with E-state index in [1.807, 2.05) is 80.6 Å². The number of esters is 1. The summed E-state index contributed by atoms with van der Waals surface area (Å²) in [4.78, 5) is 49.0. The quantitative estimate of drug-likeness (QED) is 0.174. The number of benzene rings is 3. The molecule has 2 amide bonds. The van der Waals surface area contributed by atoms with E-state index in [0.717, 1.165) is 32.4 Å². The zero-order valence-electron chi connectivity index (χ0n) is 27.7. The van der Waals surface area contributed by atoms with Crippen LogP contribution in [-0.4, -0.2) is 47.3 Å². The number of oxazole rings is 2. The molecule has 260 valence electrons. The van der Waals surface area contributed by atoms with E-state index in [0.29, 0.717) is 11.5 Å². The van der Waals surface area contributed by atoms with Gasteiger partial charge in [0.15, 0.2) is 23.4 Å². The van der Waals surface area contributed by atoms with Gasteiger partial charge in [0.2, 0.25) is 17.7 Å². The van der Waals surface area contributed by atoms with Crippen LogP contribution in [0.15, 0.2) is 86.3 Å². The van der Waals surface area contributed by atoms with E-state index >= 15 is 0 Å². The van der Waals surface area contributed by atoms with E-state index in [9.17, 15) is 14.4 Å². The summed E-state index contributed by atoms with van der Waals surface area (Å²) >= 11 is 3.70. The molecule has 3 aliphatic rings. The lowest BCUT2D eigenvalue weighted by atomic mass is 9.72. The Kier molecular flexibility index (Phi) is 8.05. The second kappa shape index (κ2) is 12.6. The fourth-order valence-corrected chi connectivity index (χ4v) is 7.45. The maximum absolute atomic E-state index is 14.1. The summed E-state index contributed by atoms with van der Waals surface area (Å²) in [5.41, 5.74) is 2.98. The number of nitrogens with zero attached hydrogens (tertiary/aromatic N) is 2. The van der Waals surface area contributed by atoms with Gasteiger partial charge in [-0.25, -0.2) is 19.6 Å². The van der Waals surface area contributed by atoms with E-state index in [-0.39, 0.29) is 42.1 Å². The van der Waals surface area contributed by atoms with Crippen molar-refractivity contribution in [3.05, 3.63) is 117 Å². The average molecular weight is 755 g/mol. The van der Waals surface area contributed by atoms with Crippen LogP contribution >= 0.6 is 15.9 Å². The van der Waals surface area contributed by atoms with Crippen molar-refractivity contribution in [1.29, 1.82) is 0 Å². The molecule has 0 aliphatic carbocycles. The molecule has 1 spiro atoms. The summed E-state index contributed by atoms with van der Waals surface area (Å²) in [7, 11) is 1.26. The number of carbonyl (C=O) groups is 3. The highest BCUT2D eigenvalue weighted by atomic mass is 79.9. The Morgan fingerprint density at radius 1 is 1.06 bits per heavy atom. The van der Waals surface area contributed by atoms with E-state index in [2.05, 4.69) is 36.9 Å². The second-order valence-corrected chi connectivity index (χ2v) is 13.7. The molecule has 2 aromatic heterocycles. The summed E-state index contributed by atoms with van der Waals surface area (Å²) in [6, 6.07) is 19.0. The number of para-hydroxylation sites is 1. The first-order chi connectivity index (χ1) is 24.7. The van der Waals surface area contributed by atoms with Crippen LogP contribution in [0, 0.1) is 5.92 Å². The third-order valence-corrected chi connectivity index (χ3v) is 10.1. The topological polar surface area (TPSA) is 167 Å². The number of methoxy groups -OCH3 is 1. The molecule has 4 atom stereocenters. The molecular weight excluding hydrogens is 722 g/mol. The van der Waals surface area contributed by atoms with E-state index < -0.39 is 41.7 Å². The third kappa shape index (κ3) is 5.41.